The van der Waals surface area contributed by atoms with Crippen LogP contribution in [0.2, 0.25) is 0 Å². The maximum atomic E-state index is 12.7. The maximum absolute atomic E-state index is 12.7. The third-order valence-corrected chi connectivity index (χ3v) is 6.87. The van der Waals surface area contributed by atoms with E-state index in [0.717, 1.165) is 0 Å². The number of imidazole rings is 1. The molecule has 1 aliphatic heterocycles. The highest BCUT2D eigenvalue weighted by Gasteiger charge is 2.46. The lowest BCUT2D eigenvalue weighted by Gasteiger charge is -2.38. The van der Waals surface area contributed by atoms with Gasteiger partial charge in [0.25, 0.3) is 11.8 Å². The molecular formula is C19H18F3N5O5S. The molecule has 0 aromatic carbocycles. The van der Waals surface area contributed by atoms with Crippen LogP contribution in [0.25, 0.3) is 11.2 Å². The Morgan fingerprint density at radius 1 is 1.24 bits per heavy atom. The molecule has 1 fully saturated rings. The minimum Gasteiger partial charge on any atom is -0.478 e. The van der Waals surface area contributed by atoms with Gasteiger partial charge >= 0.3 is 6.18 Å². The number of carbonyl (C=O) groups is 1. The van der Waals surface area contributed by atoms with E-state index in [1.165, 1.54) is 35.0 Å². The summed E-state index contributed by atoms with van der Waals surface area (Å²) in [6, 6.07) is 5.61. The Kier molecular flexibility index (Phi) is 5.42. The molecule has 1 N–H and O–H groups in total. The summed E-state index contributed by atoms with van der Waals surface area (Å²) in [5, 5.41) is 2.68. The van der Waals surface area contributed by atoms with Crippen LogP contribution >= 0.6 is 0 Å². The summed E-state index contributed by atoms with van der Waals surface area (Å²) in [5.41, 5.74) is -0.254. The molecule has 0 saturated carbocycles. The first kappa shape index (κ1) is 22.8. The summed E-state index contributed by atoms with van der Waals surface area (Å²) in [6.07, 6.45) is -3.21. The van der Waals surface area contributed by atoms with Crippen LogP contribution in [0.15, 0.2) is 30.5 Å². The summed E-state index contributed by atoms with van der Waals surface area (Å²) < 4.78 is 72.0. The van der Waals surface area contributed by atoms with Gasteiger partial charge in [-0.05, 0) is 25.1 Å². The molecule has 0 bridgehead atoms. The second kappa shape index (κ2) is 7.86. The summed E-state index contributed by atoms with van der Waals surface area (Å²) in [6.45, 7) is 0.117. The van der Waals surface area contributed by atoms with Crippen LogP contribution in [0.4, 0.5) is 13.2 Å². The van der Waals surface area contributed by atoms with Crippen LogP contribution in [-0.4, -0.2) is 63.7 Å². The minimum absolute atomic E-state index is 0.00667. The summed E-state index contributed by atoms with van der Waals surface area (Å²) >= 11 is 0. The molecule has 4 heterocycles. The Bertz CT molecular complexity index is 1330. The van der Waals surface area contributed by atoms with E-state index >= 15 is 0 Å². The fourth-order valence-electron chi connectivity index (χ4n) is 3.46. The number of alkyl halides is 3. The average Bonchev–Trinajstić information content (AvgIpc) is 3.01. The van der Waals surface area contributed by atoms with Crippen molar-refractivity contribution in [3.05, 3.63) is 36.3 Å². The van der Waals surface area contributed by atoms with E-state index in [0.29, 0.717) is 5.52 Å². The fourth-order valence-corrected chi connectivity index (χ4v) is 5.46. The fraction of sp³-hybridized carbons (Fsp3) is 0.368. The van der Waals surface area contributed by atoms with Gasteiger partial charge in [-0.25, -0.2) is 18.4 Å². The van der Waals surface area contributed by atoms with Gasteiger partial charge in [-0.15, -0.1) is 0 Å². The van der Waals surface area contributed by atoms with E-state index in [-0.39, 0.29) is 40.5 Å². The third-order valence-electron chi connectivity index (χ3n) is 4.71. The molecule has 1 saturated heterocycles. The van der Waals surface area contributed by atoms with Crippen LogP contribution in [0.1, 0.15) is 17.5 Å². The zero-order valence-corrected chi connectivity index (χ0v) is 18.2. The molecule has 1 aliphatic rings. The van der Waals surface area contributed by atoms with Gasteiger partial charge in [-0.1, -0.05) is 0 Å². The van der Waals surface area contributed by atoms with Gasteiger partial charge in [-0.2, -0.15) is 18.2 Å². The molecule has 10 nitrogen and oxygen atoms in total. The smallest absolute Gasteiger partial charge is 0.422 e. The first-order chi connectivity index (χ1) is 15.3. The number of rotatable bonds is 6. The number of ether oxygens (including phenoxy) is 2. The van der Waals surface area contributed by atoms with E-state index in [9.17, 15) is 26.4 Å². The monoisotopic (exact) mass is 485 g/mol. The van der Waals surface area contributed by atoms with Crippen LogP contribution in [0, 0.1) is 0 Å². The highest BCUT2D eigenvalue weighted by molar-refractivity contribution is 7.93. The van der Waals surface area contributed by atoms with Crippen LogP contribution in [0.5, 0.6) is 17.5 Å². The number of hydrogen-bond acceptors (Lipinski definition) is 8. The lowest BCUT2D eigenvalue weighted by Crippen LogP contribution is -2.63. The molecule has 1 amide bonds. The van der Waals surface area contributed by atoms with Crippen molar-refractivity contribution < 1.29 is 35.9 Å². The maximum Gasteiger partial charge on any atom is 0.422 e. The molecule has 0 radical (unpaired) electrons. The molecule has 0 atom stereocenters. The Labute approximate surface area is 185 Å². The van der Waals surface area contributed by atoms with E-state index in [1.807, 2.05) is 0 Å². The molecule has 33 heavy (non-hydrogen) atoms. The van der Waals surface area contributed by atoms with Crippen molar-refractivity contribution in [3.8, 4) is 17.5 Å². The van der Waals surface area contributed by atoms with E-state index in [1.54, 1.807) is 14.0 Å². The molecular weight excluding hydrogens is 467 g/mol. The van der Waals surface area contributed by atoms with Gasteiger partial charge in [0, 0.05) is 19.3 Å². The van der Waals surface area contributed by atoms with Gasteiger partial charge in [0.1, 0.15) is 5.52 Å². The number of sulfone groups is 1. The van der Waals surface area contributed by atoms with E-state index < -0.39 is 34.1 Å². The lowest BCUT2D eigenvalue weighted by molar-refractivity contribution is -0.153. The van der Waals surface area contributed by atoms with Crippen molar-refractivity contribution in [2.75, 3.05) is 18.1 Å². The largest absolute Gasteiger partial charge is 0.478 e. The van der Waals surface area contributed by atoms with E-state index in [2.05, 4.69) is 20.3 Å². The average molecular weight is 485 g/mol. The summed E-state index contributed by atoms with van der Waals surface area (Å²) in [7, 11) is -1.61. The van der Waals surface area contributed by atoms with Gasteiger partial charge in [-0.3, -0.25) is 4.79 Å². The number of nitrogens with one attached hydrogen (secondary N) is 1. The van der Waals surface area contributed by atoms with Gasteiger partial charge < -0.3 is 19.4 Å². The second-order valence-corrected chi connectivity index (χ2v) is 9.91. The lowest BCUT2D eigenvalue weighted by atomic mass is 10.1. The number of amides is 1. The standard InChI is InChI=1S/C19H18F3N5O5S/c1-18(9-33(29,30)10-18)26-16(28)15-24-11-5-6-13(25-14(11)27(15)2)32-17-12(4-3-7-23-17)31-8-19(20,21)22/h3-7H,8-10H2,1-2H3,(H,26,28). The van der Waals surface area contributed by atoms with Crippen LogP contribution in [-0.2, 0) is 16.9 Å². The topological polar surface area (TPSA) is 125 Å². The molecule has 0 unspecified atom stereocenters. The second-order valence-electron chi connectivity index (χ2n) is 7.85. The molecule has 176 valence electrons. The Balaban J connectivity index is 1.55. The normalized spacial score (nSPS) is 16.8. The summed E-state index contributed by atoms with van der Waals surface area (Å²) in [5.74, 6) is -1.32. The molecule has 0 spiro atoms. The Morgan fingerprint density at radius 3 is 2.64 bits per heavy atom. The Hall–Kier alpha value is -3.42. The quantitative estimate of drug-likeness (QED) is 0.562. The minimum atomic E-state index is -4.53. The van der Waals surface area contributed by atoms with Crippen molar-refractivity contribution in [2.24, 2.45) is 7.05 Å². The molecule has 3 aromatic rings. The number of pyridine rings is 2. The number of hydrogen-bond donors (Lipinski definition) is 1. The summed E-state index contributed by atoms with van der Waals surface area (Å²) in [4.78, 5) is 25.0. The first-order valence-corrected chi connectivity index (χ1v) is 11.4. The predicted octanol–water partition coefficient (Wildman–Crippen LogP) is 2.01. The number of carbonyl (C=O) groups excluding carboxylic acids is 1. The van der Waals surface area contributed by atoms with Crippen LogP contribution in [0.3, 0.4) is 0 Å². The van der Waals surface area contributed by atoms with Crippen molar-refractivity contribution in [3.63, 3.8) is 0 Å². The van der Waals surface area contributed by atoms with Crippen molar-refractivity contribution in [1.82, 2.24) is 24.8 Å². The molecule has 14 heteroatoms. The molecule has 4 rings (SSSR count). The number of fused-ring (bicyclic) bond motifs is 1. The Morgan fingerprint density at radius 2 is 1.97 bits per heavy atom. The molecule has 0 aliphatic carbocycles. The van der Waals surface area contributed by atoms with Gasteiger partial charge in [0.05, 0.1) is 17.0 Å². The van der Waals surface area contributed by atoms with Crippen molar-refractivity contribution in [1.29, 1.82) is 0 Å². The van der Waals surface area contributed by atoms with Crippen molar-refractivity contribution in [2.45, 2.75) is 18.6 Å². The third kappa shape index (κ3) is 4.99. The van der Waals surface area contributed by atoms with Crippen molar-refractivity contribution >= 4 is 26.9 Å². The van der Waals surface area contributed by atoms with Crippen LogP contribution < -0.4 is 14.8 Å². The van der Waals surface area contributed by atoms with Gasteiger partial charge in [0.2, 0.25) is 11.7 Å². The predicted molar refractivity (Wildman–Crippen MR) is 109 cm³/mol. The zero-order chi connectivity index (χ0) is 24.0. The highest BCUT2D eigenvalue weighted by Crippen LogP contribution is 2.30. The number of aryl methyl sites for hydroxylation is 1. The van der Waals surface area contributed by atoms with Gasteiger partial charge in [0.15, 0.2) is 27.8 Å². The van der Waals surface area contributed by atoms with E-state index in [4.69, 9.17) is 9.47 Å². The number of nitrogens with zero attached hydrogens (tertiary/aromatic N) is 4. The zero-order valence-electron chi connectivity index (χ0n) is 17.4. The highest BCUT2D eigenvalue weighted by atomic mass is 32.2. The first-order valence-electron chi connectivity index (χ1n) is 9.53. The number of aromatic nitrogens is 4. The molecule has 3 aromatic heterocycles. The number of halogens is 3. The SMILES string of the molecule is Cn1c(C(=O)NC2(C)CS(=O)(=O)C2)nc2ccc(Oc3ncccc3OCC(F)(F)F)nc21.